The molecule has 0 saturated carbocycles. The minimum Gasteiger partial charge on any atom is -0.455 e. The highest BCUT2D eigenvalue weighted by Crippen LogP contribution is 2.26. The van der Waals surface area contributed by atoms with Gasteiger partial charge in [0.15, 0.2) is 5.76 Å². The van der Waals surface area contributed by atoms with Gasteiger partial charge in [0.2, 0.25) is 10.0 Å². The van der Waals surface area contributed by atoms with Crippen molar-refractivity contribution >= 4 is 15.9 Å². The van der Waals surface area contributed by atoms with Crippen molar-refractivity contribution in [2.45, 2.75) is 43.9 Å². The second-order valence-electron chi connectivity index (χ2n) is 6.90. The van der Waals surface area contributed by atoms with Crippen LogP contribution in [0.1, 0.15) is 48.4 Å². The lowest BCUT2D eigenvalue weighted by molar-refractivity contribution is 0.0921. The zero-order valence-corrected chi connectivity index (χ0v) is 15.5. The largest absolute Gasteiger partial charge is 0.455 e. The molecule has 1 unspecified atom stereocenters. The van der Waals surface area contributed by atoms with Crippen molar-refractivity contribution in [2.75, 3.05) is 32.7 Å². The number of furan rings is 1. The van der Waals surface area contributed by atoms with E-state index in [4.69, 9.17) is 4.42 Å². The molecule has 1 aromatic rings. The van der Waals surface area contributed by atoms with Crippen LogP contribution in [0, 0.1) is 12.8 Å². The van der Waals surface area contributed by atoms with Gasteiger partial charge >= 0.3 is 0 Å². The number of hydrogen-bond acceptors (Lipinski definition) is 5. The first-order chi connectivity index (χ1) is 12.0. The van der Waals surface area contributed by atoms with Crippen molar-refractivity contribution in [3.63, 3.8) is 0 Å². The molecular weight excluding hydrogens is 342 g/mol. The third-order valence-electron chi connectivity index (χ3n) is 5.02. The summed E-state index contributed by atoms with van der Waals surface area (Å²) >= 11 is 0. The van der Waals surface area contributed by atoms with E-state index < -0.39 is 10.0 Å². The lowest BCUT2D eigenvalue weighted by Crippen LogP contribution is -2.33. The van der Waals surface area contributed by atoms with Crippen LogP contribution in [0.3, 0.4) is 0 Å². The van der Waals surface area contributed by atoms with Crippen LogP contribution in [0.5, 0.6) is 0 Å². The fraction of sp³-hybridized carbons (Fsp3) is 0.706. The van der Waals surface area contributed by atoms with Crippen LogP contribution >= 0.6 is 0 Å². The number of carbonyl (C=O) groups excluding carboxylic acids is 1. The standard InChI is InChI=1S/C17H27N3O4S/c1-13-16(25(22,23)20-9-2-3-10-20)11-15(24-13)17(21)19-8-6-14-5-4-7-18-12-14/h11,14,18H,2-10,12H2,1H3,(H,19,21). The van der Waals surface area contributed by atoms with Gasteiger partial charge in [-0.3, -0.25) is 4.79 Å². The molecule has 1 amide bonds. The van der Waals surface area contributed by atoms with Crippen LogP contribution in [0.4, 0.5) is 0 Å². The first kappa shape index (κ1) is 18.4. The molecule has 2 N–H and O–H groups in total. The van der Waals surface area contributed by atoms with E-state index in [-0.39, 0.29) is 22.3 Å². The molecule has 3 rings (SSSR count). The highest BCUT2D eigenvalue weighted by molar-refractivity contribution is 7.89. The normalized spacial score (nSPS) is 22.2. The van der Waals surface area contributed by atoms with Crippen LogP contribution in [0.15, 0.2) is 15.4 Å². The van der Waals surface area contributed by atoms with E-state index in [0.29, 0.717) is 25.6 Å². The van der Waals surface area contributed by atoms with Crippen LogP contribution in [-0.4, -0.2) is 51.4 Å². The minimum atomic E-state index is -3.57. The SMILES string of the molecule is Cc1oc(C(=O)NCCC2CCCNC2)cc1S(=O)(=O)N1CCCC1. The Kier molecular flexibility index (Phi) is 5.81. The number of piperidine rings is 1. The third kappa shape index (κ3) is 4.24. The smallest absolute Gasteiger partial charge is 0.287 e. The molecule has 1 atom stereocenters. The fourth-order valence-corrected chi connectivity index (χ4v) is 5.23. The molecule has 0 radical (unpaired) electrons. The van der Waals surface area contributed by atoms with Gasteiger partial charge in [0.05, 0.1) is 0 Å². The molecule has 0 aromatic carbocycles. The maximum absolute atomic E-state index is 12.6. The summed E-state index contributed by atoms with van der Waals surface area (Å²) in [7, 11) is -3.57. The number of nitrogens with one attached hydrogen (secondary N) is 2. The van der Waals surface area contributed by atoms with Crippen LogP contribution in [-0.2, 0) is 10.0 Å². The summed E-state index contributed by atoms with van der Waals surface area (Å²) in [6.45, 7) is 5.29. The van der Waals surface area contributed by atoms with Crippen molar-refractivity contribution < 1.29 is 17.6 Å². The zero-order valence-electron chi connectivity index (χ0n) is 14.7. The van der Waals surface area contributed by atoms with E-state index in [0.717, 1.165) is 32.4 Å². The Balaban J connectivity index is 1.60. The predicted molar refractivity (Wildman–Crippen MR) is 94.0 cm³/mol. The van der Waals surface area contributed by atoms with Gasteiger partial charge in [-0.1, -0.05) is 0 Å². The number of hydrogen-bond donors (Lipinski definition) is 2. The minimum absolute atomic E-state index is 0.0667. The molecule has 140 valence electrons. The molecule has 2 saturated heterocycles. The van der Waals surface area contributed by atoms with Crippen molar-refractivity contribution in [1.82, 2.24) is 14.9 Å². The number of aryl methyl sites for hydroxylation is 1. The Hall–Kier alpha value is -1.38. The average molecular weight is 369 g/mol. The van der Waals surface area contributed by atoms with Gasteiger partial charge in [-0.2, -0.15) is 4.31 Å². The molecule has 0 bridgehead atoms. The van der Waals surface area contributed by atoms with Gasteiger partial charge < -0.3 is 15.1 Å². The fourth-order valence-electron chi connectivity index (χ4n) is 3.55. The molecule has 3 heterocycles. The van der Waals surface area contributed by atoms with Crippen molar-refractivity contribution in [1.29, 1.82) is 0 Å². The van der Waals surface area contributed by atoms with E-state index >= 15 is 0 Å². The predicted octanol–water partition coefficient (Wildman–Crippen LogP) is 1.49. The van der Waals surface area contributed by atoms with Crippen molar-refractivity contribution in [3.8, 4) is 0 Å². The van der Waals surface area contributed by atoms with Gasteiger partial charge in [0, 0.05) is 25.7 Å². The second kappa shape index (κ2) is 7.88. The third-order valence-corrected chi connectivity index (χ3v) is 7.02. The topological polar surface area (TPSA) is 91.6 Å². The van der Waals surface area contributed by atoms with Gasteiger partial charge in [0.25, 0.3) is 5.91 Å². The van der Waals surface area contributed by atoms with E-state index in [9.17, 15) is 13.2 Å². The summed E-state index contributed by atoms with van der Waals surface area (Å²) in [5.74, 6) is 0.568. The molecule has 7 nitrogen and oxygen atoms in total. The van der Waals surface area contributed by atoms with E-state index in [1.165, 1.54) is 23.2 Å². The number of nitrogens with zero attached hydrogens (tertiary/aromatic N) is 1. The number of amides is 1. The Morgan fingerprint density at radius 2 is 2.12 bits per heavy atom. The van der Waals surface area contributed by atoms with Crippen LogP contribution in [0.2, 0.25) is 0 Å². The lowest BCUT2D eigenvalue weighted by atomic mass is 9.96. The summed E-state index contributed by atoms with van der Waals surface area (Å²) in [5.41, 5.74) is 0. The van der Waals surface area contributed by atoms with Crippen molar-refractivity contribution in [3.05, 3.63) is 17.6 Å². The van der Waals surface area contributed by atoms with Crippen LogP contribution in [0.25, 0.3) is 0 Å². The monoisotopic (exact) mass is 369 g/mol. The molecule has 0 aliphatic carbocycles. The lowest BCUT2D eigenvalue weighted by Gasteiger charge is -2.22. The number of rotatable bonds is 6. The number of sulfonamides is 1. The Labute approximate surface area is 149 Å². The quantitative estimate of drug-likeness (QED) is 0.793. The molecule has 2 aliphatic rings. The summed E-state index contributed by atoms with van der Waals surface area (Å²) in [6.07, 6.45) is 5.02. The van der Waals surface area contributed by atoms with E-state index in [1.54, 1.807) is 6.92 Å². The summed E-state index contributed by atoms with van der Waals surface area (Å²) in [5, 5.41) is 6.20. The average Bonchev–Trinajstić information content (AvgIpc) is 3.26. The first-order valence-corrected chi connectivity index (χ1v) is 10.5. The molecular formula is C17H27N3O4S. The second-order valence-corrected chi connectivity index (χ2v) is 8.81. The van der Waals surface area contributed by atoms with Gasteiger partial charge in [-0.25, -0.2) is 8.42 Å². The molecule has 0 spiro atoms. The Morgan fingerprint density at radius 1 is 1.36 bits per heavy atom. The maximum atomic E-state index is 12.6. The Morgan fingerprint density at radius 3 is 2.80 bits per heavy atom. The molecule has 2 aliphatic heterocycles. The van der Waals surface area contributed by atoms with Crippen molar-refractivity contribution in [2.24, 2.45) is 5.92 Å². The highest BCUT2D eigenvalue weighted by atomic mass is 32.2. The molecule has 1 aromatic heterocycles. The van der Waals surface area contributed by atoms with Crippen LogP contribution < -0.4 is 10.6 Å². The molecule has 8 heteroatoms. The highest BCUT2D eigenvalue weighted by Gasteiger charge is 2.31. The molecule has 25 heavy (non-hydrogen) atoms. The van der Waals surface area contributed by atoms with Gasteiger partial charge in [-0.05, 0) is 58.0 Å². The first-order valence-electron chi connectivity index (χ1n) is 9.08. The van der Waals surface area contributed by atoms with E-state index in [2.05, 4.69) is 10.6 Å². The van der Waals surface area contributed by atoms with E-state index in [1.807, 2.05) is 0 Å². The van der Waals surface area contributed by atoms with Gasteiger partial charge in [0.1, 0.15) is 10.7 Å². The maximum Gasteiger partial charge on any atom is 0.287 e. The Bertz CT molecular complexity index is 701. The van der Waals surface area contributed by atoms with Gasteiger partial charge in [-0.15, -0.1) is 0 Å². The zero-order chi connectivity index (χ0) is 17.9. The summed E-state index contributed by atoms with van der Waals surface area (Å²) in [6, 6.07) is 1.36. The number of carbonyl (C=O) groups is 1. The molecule has 2 fully saturated rings. The summed E-state index contributed by atoms with van der Waals surface area (Å²) in [4.78, 5) is 12.4. The summed E-state index contributed by atoms with van der Waals surface area (Å²) < 4.78 is 32.2.